The van der Waals surface area contributed by atoms with Crippen LogP contribution in [0.15, 0.2) is 30.5 Å². The third-order valence-electron chi connectivity index (χ3n) is 3.49. The molecule has 0 atom stereocenters. The van der Waals surface area contributed by atoms with Crippen LogP contribution in [0, 0.1) is 10.1 Å². The standard InChI is InChI=1S/C14H14N6O3/c1-3-19-8-11(20(22)23)12(17-19)13(21)16-14-15-9-6-4-5-7-10(9)18(14)2/h4-8H,3H2,1-2H3,(H,15,16,21). The molecule has 0 saturated heterocycles. The number of aromatic nitrogens is 4. The van der Waals surface area contributed by atoms with Crippen LogP contribution in [0.5, 0.6) is 0 Å². The zero-order chi connectivity index (χ0) is 16.6. The summed E-state index contributed by atoms with van der Waals surface area (Å²) in [6.07, 6.45) is 1.24. The fourth-order valence-corrected chi connectivity index (χ4v) is 2.29. The first-order chi connectivity index (χ1) is 11.0. The Kier molecular flexibility index (Phi) is 3.53. The van der Waals surface area contributed by atoms with Gasteiger partial charge >= 0.3 is 5.69 Å². The first kappa shape index (κ1) is 14.7. The van der Waals surface area contributed by atoms with Gasteiger partial charge in [0, 0.05) is 13.6 Å². The molecule has 118 valence electrons. The van der Waals surface area contributed by atoms with Gasteiger partial charge in [-0.2, -0.15) is 5.10 Å². The summed E-state index contributed by atoms with van der Waals surface area (Å²) < 4.78 is 3.05. The van der Waals surface area contributed by atoms with E-state index in [-0.39, 0.29) is 11.4 Å². The summed E-state index contributed by atoms with van der Waals surface area (Å²) in [5.74, 6) is -0.362. The topological polar surface area (TPSA) is 108 Å². The molecule has 0 saturated carbocycles. The van der Waals surface area contributed by atoms with E-state index in [4.69, 9.17) is 0 Å². The zero-order valence-corrected chi connectivity index (χ0v) is 12.6. The smallest absolute Gasteiger partial charge is 0.313 e. The molecule has 1 amide bonds. The van der Waals surface area contributed by atoms with Crippen LogP contribution < -0.4 is 5.32 Å². The quantitative estimate of drug-likeness (QED) is 0.585. The molecule has 9 heteroatoms. The van der Waals surface area contributed by atoms with Gasteiger partial charge in [-0.05, 0) is 19.1 Å². The van der Waals surface area contributed by atoms with E-state index in [0.717, 1.165) is 11.0 Å². The summed E-state index contributed by atoms with van der Waals surface area (Å²) in [6, 6.07) is 7.39. The summed E-state index contributed by atoms with van der Waals surface area (Å²) in [5, 5.41) is 17.6. The molecule has 1 aromatic carbocycles. The number of carbonyl (C=O) groups is 1. The SMILES string of the molecule is CCn1cc([N+](=O)[O-])c(C(=O)Nc2nc3ccccc3n2C)n1. The van der Waals surface area contributed by atoms with Crippen LogP contribution >= 0.6 is 0 Å². The molecule has 3 rings (SSSR count). The lowest BCUT2D eigenvalue weighted by Crippen LogP contribution is -2.17. The summed E-state index contributed by atoms with van der Waals surface area (Å²) >= 11 is 0. The van der Waals surface area contributed by atoms with Gasteiger partial charge < -0.3 is 4.57 Å². The average molecular weight is 314 g/mol. The Bertz CT molecular complexity index is 911. The molecule has 0 spiro atoms. The van der Waals surface area contributed by atoms with Crippen LogP contribution in [0.4, 0.5) is 11.6 Å². The molecule has 0 fully saturated rings. The van der Waals surface area contributed by atoms with Gasteiger partial charge in [-0.3, -0.25) is 24.9 Å². The molecule has 9 nitrogen and oxygen atoms in total. The highest BCUT2D eigenvalue weighted by Gasteiger charge is 2.26. The lowest BCUT2D eigenvalue weighted by molar-refractivity contribution is -0.385. The Hall–Kier alpha value is -3.23. The van der Waals surface area contributed by atoms with E-state index in [1.165, 1.54) is 10.9 Å². The maximum absolute atomic E-state index is 12.4. The summed E-state index contributed by atoms with van der Waals surface area (Å²) in [7, 11) is 1.75. The van der Waals surface area contributed by atoms with Crippen molar-refractivity contribution < 1.29 is 9.72 Å². The van der Waals surface area contributed by atoms with E-state index in [1.807, 2.05) is 24.3 Å². The zero-order valence-electron chi connectivity index (χ0n) is 12.6. The van der Waals surface area contributed by atoms with Crippen molar-refractivity contribution in [3.05, 3.63) is 46.3 Å². The van der Waals surface area contributed by atoms with Crippen LogP contribution in [0.3, 0.4) is 0 Å². The normalized spacial score (nSPS) is 10.9. The number of imidazole rings is 1. The summed E-state index contributed by atoms with van der Waals surface area (Å²) in [6.45, 7) is 2.21. The van der Waals surface area contributed by atoms with Crippen LogP contribution in [0.2, 0.25) is 0 Å². The van der Waals surface area contributed by atoms with Crippen molar-refractivity contribution in [2.75, 3.05) is 5.32 Å². The molecule has 0 bridgehead atoms. The lowest BCUT2D eigenvalue weighted by atomic mass is 10.3. The Labute approximate surface area is 130 Å². The molecule has 0 aliphatic carbocycles. The average Bonchev–Trinajstić information content (AvgIpc) is 3.10. The number of nitro groups is 1. The summed E-state index contributed by atoms with van der Waals surface area (Å²) in [5.41, 5.74) is 1.00. The number of carbonyl (C=O) groups excluding carboxylic acids is 1. The van der Waals surface area contributed by atoms with E-state index in [1.54, 1.807) is 18.5 Å². The van der Waals surface area contributed by atoms with E-state index in [2.05, 4.69) is 15.4 Å². The number of nitrogens with zero attached hydrogens (tertiary/aromatic N) is 5. The Morgan fingerprint density at radius 2 is 2.13 bits per heavy atom. The van der Waals surface area contributed by atoms with E-state index >= 15 is 0 Å². The van der Waals surface area contributed by atoms with Gasteiger partial charge in [0.05, 0.1) is 16.0 Å². The third-order valence-corrected chi connectivity index (χ3v) is 3.49. The molecular formula is C14H14N6O3. The van der Waals surface area contributed by atoms with E-state index in [0.29, 0.717) is 12.5 Å². The van der Waals surface area contributed by atoms with Crippen molar-refractivity contribution in [3.63, 3.8) is 0 Å². The van der Waals surface area contributed by atoms with Gasteiger partial charge in [0.2, 0.25) is 11.6 Å². The third kappa shape index (κ3) is 2.52. The number of amides is 1. The van der Waals surface area contributed by atoms with Crippen molar-refractivity contribution >= 4 is 28.6 Å². The predicted octanol–water partition coefficient (Wildman–Crippen LogP) is 1.95. The molecule has 23 heavy (non-hydrogen) atoms. The maximum Gasteiger partial charge on any atom is 0.320 e. The number of anilines is 1. The van der Waals surface area contributed by atoms with Gasteiger partial charge in [-0.25, -0.2) is 4.98 Å². The van der Waals surface area contributed by atoms with Crippen molar-refractivity contribution in [2.24, 2.45) is 7.05 Å². The van der Waals surface area contributed by atoms with Crippen LogP contribution in [0.1, 0.15) is 17.4 Å². The second kappa shape index (κ2) is 5.52. The lowest BCUT2D eigenvalue weighted by Gasteiger charge is -2.03. The molecule has 0 radical (unpaired) electrons. The Balaban J connectivity index is 1.96. The number of nitrogens with one attached hydrogen (secondary N) is 1. The van der Waals surface area contributed by atoms with Gasteiger partial charge in [-0.1, -0.05) is 12.1 Å². The van der Waals surface area contributed by atoms with Crippen molar-refractivity contribution in [1.29, 1.82) is 0 Å². The maximum atomic E-state index is 12.4. The first-order valence-corrected chi connectivity index (χ1v) is 6.96. The van der Waals surface area contributed by atoms with Gasteiger partial charge in [0.15, 0.2) is 0 Å². The first-order valence-electron chi connectivity index (χ1n) is 6.96. The van der Waals surface area contributed by atoms with Crippen LogP contribution in [0.25, 0.3) is 11.0 Å². The van der Waals surface area contributed by atoms with Crippen molar-refractivity contribution in [2.45, 2.75) is 13.5 Å². The highest BCUT2D eigenvalue weighted by molar-refractivity contribution is 6.05. The minimum atomic E-state index is -0.665. The summed E-state index contributed by atoms with van der Waals surface area (Å²) in [4.78, 5) is 27.1. The highest BCUT2D eigenvalue weighted by atomic mass is 16.6. The number of aryl methyl sites for hydroxylation is 2. The second-order valence-electron chi connectivity index (χ2n) is 4.91. The largest absolute Gasteiger partial charge is 0.320 e. The molecule has 0 aliphatic rings. The fourth-order valence-electron chi connectivity index (χ4n) is 2.29. The molecule has 2 aromatic heterocycles. The Morgan fingerprint density at radius 1 is 1.39 bits per heavy atom. The number of para-hydroxylation sites is 2. The molecule has 3 aromatic rings. The van der Waals surface area contributed by atoms with Gasteiger partial charge in [0.25, 0.3) is 5.91 Å². The molecule has 0 aliphatic heterocycles. The minimum absolute atomic E-state index is 0.232. The number of hydrogen-bond donors (Lipinski definition) is 1. The van der Waals surface area contributed by atoms with E-state index < -0.39 is 10.8 Å². The molecule has 1 N–H and O–H groups in total. The van der Waals surface area contributed by atoms with E-state index in [9.17, 15) is 14.9 Å². The molecule has 0 unspecified atom stereocenters. The fraction of sp³-hybridized carbons (Fsp3) is 0.214. The molecule has 2 heterocycles. The highest BCUT2D eigenvalue weighted by Crippen LogP contribution is 2.21. The number of rotatable bonds is 4. The number of fused-ring (bicyclic) bond motifs is 1. The van der Waals surface area contributed by atoms with Gasteiger partial charge in [-0.15, -0.1) is 0 Å². The molecular weight excluding hydrogens is 300 g/mol. The minimum Gasteiger partial charge on any atom is -0.313 e. The number of hydrogen-bond acceptors (Lipinski definition) is 5. The van der Waals surface area contributed by atoms with Crippen molar-refractivity contribution in [3.8, 4) is 0 Å². The second-order valence-corrected chi connectivity index (χ2v) is 4.91. The Morgan fingerprint density at radius 3 is 2.78 bits per heavy atom. The van der Waals surface area contributed by atoms with Crippen LogP contribution in [-0.2, 0) is 13.6 Å². The van der Waals surface area contributed by atoms with Crippen LogP contribution in [-0.4, -0.2) is 30.2 Å². The predicted molar refractivity (Wildman–Crippen MR) is 83.2 cm³/mol. The van der Waals surface area contributed by atoms with Gasteiger partial charge in [0.1, 0.15) is 6.20 Å². The number of benzene rings is 1. The van der Waals surface area contributed by atoms with Crippen molar-refractivity contribution in [1.82, 2.24) is 19.3 Å². The monoisotopic (exact) mass is 314 g/mol.